The van der Waals surface area contributed by atoms with Crippen LogP contribution >= 0.6 is 11.3 Å². The number of aromatic nitrogens is 2. The Hall–Kier alpha value is -3.77. The molecule has 3 amide bonds. The number of nitrogens with one attached hydrogen (secondary N) is 2. The van der Waals surface area contributed by atoms with Crippen LogP contribution in [0.1, 0.15) is 17.0 Å². The first kappa shape index (κ1) is 21.1. The number of rotatable bonds is 3. The summed E-state index contributed by atoms with van der Waals surface area (Å²) in [5, 5.41) is 15.6. The number of hydrogen-bond donors (Lipinski definition) is 2. The maximum Gasteiger partial charge on any atom is 0.323 e. The number of urea groups is 1. The van der Waals surface area contributed by atoms with Crippen molar-refractivity contribution in [3.63, 3.8) is 0 Å². The van der Waals surface area contributed by atoms with E-state index in [1.807, 2.05) is 38.1 Å². The molecule has 4 heterocycles. The maximum atomic E-state index is 13.0. The average molecular weight is 459 g/mol. The molecule has 33 heavy (non-hydrogen) atoms. The van der Waals surface area contributed by atoms with Gasteiger partial charge in [0.25, 0.3) is 0 Å². The SMILES string of the molecule is Cc1cc(-c2sc(NC(=O)N3C[C@@H]4CNC(=O)[C@@H]4C3)nc2-c2cccc(C#N)c2)cc(C)n1. The lowest BCUT2D eigenvalue weighted by molar-refractivity contribution is -0.122. The van der Waals surface area contributed by atoms with Crippen LogP contribution in [0.25, 0.3) is 21.7 Å². The zero-order valence-electron chi connectivity index (χ0n) is 18.3. The summed E-state index contributed by atoms with van der Waals surface area (Å²) in [4.78, 5) is 36.7. The zero-order valence-corrected chi connectivity index (χ0v) is 19.1. The third-order valence-corrected chi connectivity index (χ3v) is 7.07. The highest BCUT2D eigenvalue weighted by molar-refractivity contribution is 7.19. The van der Waals surface area contributed by atoms with E-state index in [0.717, 1.165) is 27.4 Å². The maximum absolute atomic E-state index is 13.0. The molecule has 2 aromatic heterocycles. The molecule has 3 aromatic rings. The summed E-state index contributed by atoms with van der Waals surface area (Å²) in [5.74, 6) is 0.0618. The zero-order chi connectivity index (χ0) is 23.1. The molecule has 166 valence electrons. The molecule has 0 bridgehead atoms. The van der Waals surface area contributed by atoms with Gasteiger partial charge in [-0.15, -0.1) is 0 Å². The number of nitriles is 1. The summed E-state index contributed by atoms with van der Waals surface area (Å²) in [5.41, 5.74) is 4.80. The number of fused-ring (bicyclic) bond motifs is 1. The van der Waals surface area contributed by atoms with Gasteiger partial charge in [0.15, 0.2) is 5.13 Å². The van der Waals surface area contributed by atoms with Crippen LogP contribution in [0, 0.1) is 37.0 Å². The van der Waals surface area contributed by atoms with Crippen molar-refractivity contribution in [2.45, 2.75) is 13.8 Å². The second kappa shape index (κ2) is 8.30. The highest BCUT2D eigenvalue weighted by Crippen LogP contribution is 2.40. The predicted molar refractivity (Wildman–Crippen MR) is 126 cm³/mol. The van der Waals surface area contributed by atoms with Gasteiger partial charge in [0, 0.05) is 42.5 Å². The van der Waals surface area contributed by atoms with Gasteiger partial charge in [0.05, 0.1) is 28.1 Å². The van der Waals surface area contributed by atoms with Gasteiger partial charge in [-0.05, 0) is 43.7 Å². The van der Waals surface area contributed by atoms with Crippen LogP contribution in [0.2, 0.25) is 0 Å². The minimum Gasteiger partial charge on any atom is -0.355 e. The van der Waals surface area contributed by atoms with Crippen LogP contribution in [0.3, 0.4) is 0 Å². The van der Waals surface area contributed by atoms with E-state index < -0.39 is 0 Å². The molecule has 2 fully saturated rings. The Bertz CT molecular complexity index is 1290. The fourth-order valence-electron chi connectivity index (χ4n) is 4.54. The number of anilines is 1. The first-order chi connectivity index (χ1) is 15.9. The fraction of sp³-hybridized carbons (Fsp3) is 0.292. The molecule has 0 saturated carbocycles. The van der Waals surface area contributed by atoms with Gasteiger partial charge in [0.1, 0.15) is 0 Å². The van der Waals surface area contributed by atoms with Crippen molar-refractivity contribution in [3.8, 4) is 27.8 Å². The fourth-order valence-corrected chi connectivity index (χ4v) is 5.51. The first-order valence-electron chi connectivity index (χ1n) is 10.7. The van der Waals surface area contributed by atoms with Crippen molar-refractivity contribution < 1.29 is 9.59 Å². The Labute approximate surface area is 195 Å². The number of pyridine rings is 1. The van der Waals surface area contributed by atoms with Gasteiger partial charge >= 0.3 is 6.03 Å². The van der Waals surface area contributed by atoms with Gasteiger partial charge < -0.3 is 10.2 Å². The molecule has 2 atom stereocenters. The van der Waals surface area contributed by atoms with Crippen LogP contribution < -0.4 is 10.6 Å². The summed E-state index contributed by atoms with van der Waals surface area (Å²) >= 11 is 1.39. The molecule has 1 aromatic carbocycles. The summed E-state index contributed by atoms with van der Waals surface area (Å²) in [7, 11) is 0. The van der Waals surface area contributed by atoms with E-state index in [1.54, 1.807) is 17.0 Å². The lowest BCUT2D eigenvalue weighted by Gasteiger charge is -2.16. The number of nitrogens with zero attached hydrogens (tertiary/aromatic N) is 4. The Kier molecular flexibility index (Phi) is 5.30. The van der Waals surface area contributed by atoms with E-state index in [2.05, 4.69) is 21.7 Å². The monoisotopic (exact) mass is 458 g/mol. The Morgan fingerprint density at radius 2 is 1.97 bits per heavy atom. The van der Waals surface area contributed by atoms with Crippen molar-refractivity contribution in [1.82, 2.24) is 20.2 Å². The second-order valence-electron chi connectivity index (χ2n) is 8.47. The third kappa shape index (κ3) is 4.05. The number of benzene rings is 1. The van der Waals surface area contributed by atoms with E-state index in [9.17, 15) is 14.9 Å². The van der Waals surface area contributed by atoms with Gasteiger partial charge in [0.2, 0.25) is 5.91 Å². The van der Waals surface area contributed by atoms with Crippen molar-refractivity contribution in [2.75, 3.05) is 25.0 Å². The number of likely N-dealkylation sites (tertiary alicyclic amines) is 1. The number of carbonyl (C=O) groups excluding carboxylic acids is 2. The van der Waals surface area contributed by atoms with Gasteiger partial charge in [-0.1, -0.05) is 23.5 Å². The van der Waals surface area contributed by atoms with Gasteiger partial charge in [-0.2, -0.15) is 5.26 Å². The van der Waals surface area contributed by atoms with Crippen molar-refractivity contribution in [3.05, 3.63) is 53.3 Å². The summed E-state index contributed by atoms with van der Waals surface area (Å²) in [6, 6.07) is 13.2. The summed E-state index contributed by atoms with van der Waals surface area (Å²) in [6.07, 6.45) is 0. The lowest BCUT2D eigenvalue weighted by atomic mass is 10.0. The van der Waals surface area contributed by atoms with Crippen molar-refractivity contribution >= 4 is 28.4 Å². The lowest BCUT2D eigenvalue weighted by Crippen LogP contribution is -2.36. The second-order valence-corrected chi connectivity index (χ2v) is 9.47. The molecule has 2 aliphatic heterocycles. The topological polar surface area (TPSA) is 111 Å². The molecule has 2 aliphatic rings. The molecule has 9 heteroatoms. The number of carbonyl (C=O) groups is 2. The van der Waals surface area contributed by atoms with Crippen LogP contribution in [0.4, 0.5) is 9.93 Å². The van der Waals surface area contributed by atoms with E-state index in [-0.39, 0.29) is 23.8 Å². The number of amides is 3. The van der Waals surface area contributed by atoms with E-state index in [4.69, 9.17) is 4.98 Å². The summed E-state index contributed by atoms with van der Waals surface area (Å²) in [6.45, 7) is 5.47. The molecule has 0 unspecified atom stereocenters. The van der Waals surface area contributed by atoms with Crippen molar-refractivity contribution in [2.24, 2.45) is 11.8 Å². The van der Waals surface area contributed by atoms with E-state index in [1.165, 1.54) is 11.3 Å². The number of hydrogen-bond acceptors (Lipinski definition) is 6. The van der Waals surface area contributed by atoms with E-state index in [0.29, 0.717) is 36.0 Å². The highest BCUT2D eigenvalue weighted by Gasteiger charge is 2.43. The minimum atomic E-state index is -0.253. The van der Waals surface area contributed by atoms with Crippen LogP contribution in [0.5, 0.6) is 0 Å². The van der Waals surface area contributed by atoms with Gasteiger partial charge in [-0.25, -0.2) is 9.78 Å². The quantitative estimate of drug-likeness (QED) is 0.623. The Morgan fingerprint density at radius 1 is 1.18 bits per heavy atom. The molecule has 0 radical (unpaired) electrons. The molecule has 0 aliphatic carbocycles. The highest BCUT2D eigenvalue weighted by atomic mass is 32.1. The van der Waals surface area contributed by atoms with Crippen LogP contribution in [0.15, 0.2) is 36.4 Å². The molecule has 2 saturated heterocycles. The minimum absolute atomic E-state index is 0.0231. The Balaban J connectivity index is 1.48. The molecule has 8 nitrogen and oxygen atoms in total. The molecule has 2 N–H and O–H groups in total. The van der Waals surface area contributed by atoms with Crippen molar-refractivity contribution in [1.29, 1.82) is 5.26 Å². The molecular formula is C24H22N6O2S. The standard InChI is InChI=1S/C24H22N6O2S/c1-13-6-17(7-14(2)27-13)21-20(16-5-3-4-15(8-16)9-25)28-23(33-21)29-24(32)30-11-18-10-26-22(31)19(18)12-30/h3-8,18-19H,10-12H2,1-2H3,(H,26,31)(H,28,29,32)/t18-,19+/m0/s1. The average Bonchev–Trinajstić information content (AvgIpc) is 3.49. The van der Waals surface area contributed by atoms with E-state index >= 15 is 0 Å². The molecule has 0 spiro atoms. The van der Waals surface area contributed by atoms with Gasteiger partial charge in [-0.3, -0.25) is 15.1 Å². The molecular weight excluding hydrogens is 436 g/mol. The Morgan fingerprint density at radius 3 is 2.70 bits per heavy atom. The normalized spacial score (nSPS) is 19.2. The van der Waals surface area contributed by atoms with Crippen LogP contribution in [-0.4, -0.2) is 46.4 Å². The number of thiazole rings is 1. The molecule has 5 rings (SSSR count). The number of aryl methyl sites for hydroxylation is 2. The summed E-state index contributed by atoms with van der Waals surface area (Å²) < 4.78 is 0. The smallest absolute Gasteiger partial charge is 0.323 e. The third-order valence-electron chi connectivity index (χ3n) is 6.05. The van der Waals surface area contributed by atoms with Crippen LogP contribution in [-0.2, 0) is 4.79 Å². The largest absolute Gasteiger partial charge is 0.355 e. The predicted octanol–water partition coefficient (Wildman–Crippen LogP) is 3.57. The first-order valence-corrected chi connectivity index (χ1v) is 11.5.